The Morgan fingerprint density at radius 2 is 2.26 bits per heavy atom. The summed E-state index contributed by atoms with van der Waals surface area (Å²) in [6.07, 6.45) is 1.76. The average Bonchev–Trinajstić information content (AvgIpc) is 2.37. The number of nitrogens with one attached hydrogen (secondary N) is 1. The number of hydrogen-bond acceptors (Lipinski definition) is 4. The number of nitrogens with zero attached hydrogens (tertiary/aromatic N) is 1. The number of nitro benzene ring substituents is 1. The molecule has 1 N–H and O–H groups in total. The third-order valence-corrected chi connectivity index (χ3v) is 3.46. The number of benzene rings is 1. The molecule has 104 valence electrons. The average molecular weight is 264 g/mol. The van der Waals surface area contributed by atoms with E-state index in [0.29, 0.717) is 17.6 Å². The second kappa shape index (κ2) is 6.12. The number of aryl methyl sites for hydroxylation is 2. The molecule has 0 amide bonds. The molecule has 2 rings (SSSR count). The summed E-state index contributed by atoms with van der Waals surface area (Å²) in [6.45, 7) is 5.34. The predicted molar refractivity (Wildman–Crippen MR) is 73.4 cm³/mol. The fourth-order valence-electron chi connectivity index (χ4n) is 2.40. The fourth-order valence-corrected chi connectivity index (χ4v) is 2.40. The minimum Gasteiger partial charge on any atom is -0.378 e. The highest BCUT2D eigenvalue weighted by atomic mass is 16.6. The number of ether oxygens (including phenoxy) is 1. The second-order valence-electron chi connectivity index (χ2n) is 5.22. The molecule has 0 aromatic heterocycles. The van der Waals surface area contributed by atoms with Crippen LogP contribution in [0.2, 0.25) is 0 Å². The maximum absolute atomic E-state index is 10.9. The third-order valence-electron chi connectivity index (χ3n) is 3.46. The van der Waals surface area contributed by atoms with Gasteiger partial charge >= 0.3 is 0 Å². The van der Waals surface area contributed by atoms with Gasteiger partial charge < -0.3 is 10.1 Å². The van der Waals surface area contributed by atoms with Gasteiger partial charge in [-0.2, -0.15) is 0 Å². The highest BCUT2D eigenvalue weighted by molar-refractivity contribution is 5.42. The highest BCUT2D eigenvalue weighted by Gasteiger charge is 2.18. The monoisotopic (exact) mass is 264 g/mol. The van der Waals surface area contributed by atoms with Gasteiger partial charge in [0.1, 0.15) is 0 Å². The minimum atomic E-state index is -0.317. The largest absolute Gasteiger partial charge is 0.378 e. The van der Waals surface area contributed by atoms with Crippen LogP contribution in [0.4, 0.5) is 5.69 Å². The lowest BCUT2D eigenvalue weighted by atomic mass is 10.0. The molecule has 1 aromatic carbocycles. The van der Waals surface area contributed by atoms with Gasteiger partial charge in [0, 0.05) is 23.7 Å². The maximum atomic E-state index is 10.9. The molecular weight excluding hydrogens is 244 g/mol. The maximum Gasteiger partial charge on any atom is 0.272 e. The van der Waals surface area contributed by atoms with E-state index in [4.69, 9.17) is 4.74 Å². The molecule has 0 spiro atoms. The standard InChI is InChI=1S/C14H20N2O3/c1-10-3-4-12(7-14(10)16(17)18)5-6-13-9-19-8-11(2)15-13/h3-4,7,11,13,15H,5-6,8-9H2,1-2H3. The molecule has 1 aromatic rings. The van der Waals surface area contributed by atoms with Crippen molar-refractivity contribution < 1.29 is 9.66 Å². The molecule has 1 saturated heterocycles. The first-order valence-corrected chi connectivity index (χ1v) is 6.64. The van der Waals surface area contributed by atoms with Gasteiger partial charge in [0.2, 0.25) is 0 Å². The van der Waals surface area contributed by atoms with Crippen molar-refractivity contribution in [1.82, 2.24) is 5.32 Å². The van der Waals surface area contributed by atoms with E-state index in [0.717, 1.165) is 31.6 Å². The quantitative estimate of drug-likeness (QED) is 0.669. The zero-order valence-corrected chi connectivity index (χ0v) is 11.4. The fraction of sp³-hybridized carbons (Fsp3) is 0.571. The van der Waals surface area contributed by atoms with E-state index in [9.17, 15) is 10.1 Å². The zero-order valence-electron chi connectivity index (χ0n) is 11.4. The van der Waals surface area contributed by atoms with Gasteiger partial charge in [0.05, 0.1) is 18.1 Å². The van der Waals surface area contributed by atoms with Crippen molar-refractivity contribution in [2.24, 2.45) is 0 Å². The van der Waals surface area contributed by atoms with Crippen LogP contribution in [0.3, 0.4) is 0 Å². The lowest BCUT2D eigenvalue weighted by Crippen LogP contribution is -2.47. The Kier molecular flexibility index (Phi) is 4.50. The summed E-state index contributed by atoms with van der Waals surface area (Å²) >= 11 is 0. The minimum absolute atomic E-state index is 0.207. The van der Waals surface area contributed by atoms with E-state index < -0.39 is 0 Å². The molecule has 2 atom stereocenters. The Labute approximate surface area is 113 Å². The van der Waals surface area contributed by atoms with Gasteiger partial charge in [-0.3, -0.25) is 10.1 Å². The molecule has 0 aliphatic carbocycles. The van der Waals surface area contributed by atoms with Crippen LogP contribution in [0.25, 0.3) is 0 Å². The summed E-state index contributed by atoms with van der Waals surface area (Å²) in [5, 5.41) is 14.4. The molecule has 2 unspecified atom stereocenters. The van der Waals surface area contributed by atoms with Crippen molar-refractivity contribution in [3.05, 3.63) is 39.4 Å². The van der Waals surface area contributed by atoms with Gasteiger partial charge in [-0.1, -0.05) is 12.1 Å². The van der Waals surface area contributed by atoms with E-state index in [1.54, 1.807) is 13.0 Å². The van der Waals surface area contributed by atoms with Crippen molar-refractivity contribution in [1.29, 1.82) is 0 Å². The smallest absolute Gasteiger partial charge is 0.272 e. The van der Waals surface area contributed by atoms with Crippen LogP contribution in [0.1, 0.15) is 24.5 Å². The molecule has 0 radical (unpaired) electrons. The number of nitro groups is 1. The van der Waals surface area contributed by atoms with E-state index in [-0.39, 0.29) is 10.6 Å². The summed E-state index contributed by atoms with van der Waals surface area (Å²) in [5.41, 5.74) is 1.93. The van der Waals surface area contributed by atoms with E-state index in [2.05, 4.69) is 12.2 Å². The molecule has 1 aliphatic heterocycles. The zero-order chi connectivity index (χ0) is 13.8. The second-order valence-corrected chi connectivity index (χ2v) is 5.22. The third kappa shape index (κ3) is 3.75. The summed E-state index contributed by atoms with van der Waals surface area (Å²) in [6, 6.07) is 6.19. The van der Waals surface area contributed by atoms with Crippen molar-refractivity contribution >= 4 is 5.69 Å². The first-order chi connectivity index (χ1) is 9.06. The molecule has 5 heteroatoms. The molecule has 1 heterocycles. The topological polar surface area (TPSA) is 64.4 Å². The molecule has 0 bridgehead atoms. The van der Waals surface area contributed by atoms with E-state index >= 15 is 0 Å². The Hall–Kier alpha value is -1.46. The van der Waals surface area contributed by atoms with Gasteiger partial charge in [0.25, 0.3) is 5.69 Å². The van der Waals surface area contributed by atoms with Gasteiger partial charge in [-0.05, 0) is 32.3 Å². The Morgan fingerprint density at radius 1 is 1.47 bits per heavy atom. The normalized spacial score (nSPS) is 23.3. The van der Waals surface area contributed by atoms with E-state index in [1.807, 2.05) is 12.1 Å². The van der Waals surface area contributed by atoms with Crippen LogP contribution in [-0.2, 0) is 11.2 Å². The van der Waals surface area contributed by atoms with Crippen LogP contribution in [0.15, 0.2) is 18.2 Å². The molecule has 0 saturated carbocycles. The van der Waals surface area contributed by atoms with Crippen LogP contribution in [0.5, 0.6) is 0 Å². The molecule has 5 nitrogen and oxygen atoms in total. The molecule has 1 aliphatic rings. The molecule has 1 fully saturated rings. The lowest BCUT2D eigenvalue weighted by molar-refractivity contribution is -0.385. The highest BCUT2D eigenvalue weighted by Crippen LogP contribution is 2.20. The summed E-state index contributed by atoms with van der Waals surface area (Å²) in [7, 11) is 0. The van der Waals surface area contributed by atoms with Crippen molar-refractivity contribution in [3.63, 3.8) is 0 Å². The Balaban J connectivity index is 1.96. The van der Waals surface area contributed by atoms with E-state index in [1.165, 1.54) is 0 Å². The van der Waals surface area contributed by atoms with Crippen molar-refractivity contribution in [3.8, 4) is 0 Å². The van der Waals surface area contributed by atoms with Crippen LogP contribution in [-0.4, -0.2) is 30.2 Å². The number of hydrogen-bond donors (Lipinski definition) is 1. The van der Waals surface area contributed by atoms with Crippen LogP contribution in [0, 0.1) is 17.0 Å². The van der Waals surface area contributed by atoms with Gasteiger partial charge in [0.15, 0.2) is 0 Å². The number of morpholine rings is 1. The van der Waals surface area contributed by atoms with Crippen molar-refractivity contribution in [2.45, 2.75) is 38.8 Å². The predicted octanol–water partition coefficient (Wildman–Crippen LogP) is 2.21. The molecular formula is C14H20N2O3. The van der Waals surface area contributed by atoms with Gasteiger partial charge in [-0.15, -0.1) is 0 Å². The first-order valence-electron chi connectivity index (χ1n) is 6.64. The first kappa shape index (κ1) is 14.0. The van der Waals surface area contributed by atoms with Crippen LogP contribution >= 0.6 is 0 Å². The van der Waals surface area contributed by atoms with Crippen molar-refractivity contribution in [2.75, 3.05) is 13.2 Å². The van der Waals surface area contributed by atoms with Crippen LogP contribution < -0.4 is 5.32 Å². The Morgan fingerprint density at radius 3 is 2.95 bits per heavy atom. The Bertz CT molecular complexity index is 462. The lowest BCUT2D eigenvalue weighted by Gasteiger charge is -2.28. The van der Waals surface area contributed by atoms with Gasteiger partial charge in [-0.25, -0.2) is 0 Å². The SMILES string of the molecule is Cc1ccc(CCC2COCC(C)N2)cc1[N+](=O)[O-]. The molecule has 19 heavy (non-hydrogen) atoms. The summed E-state index contributed by atoms with van der Waals surface area (Å²) < 4.78 is 5.49. The summed E-state index contributed by atoms with van der Waals surface area (Å²) in [5.74, 6) is 0. The summed E-state index contributed by atoms with van der Waals surface area (Å²) in [4.78, 5) is 10.6. The number of rotatable bonds is 4.